The predicted octanol–water partition coefficient (Wildman–Crippen LogP) is 3.33. The van der Waals surface area contributed by atoms with Crippen molar-refractivity contribution in [2.75, 3.05) is 40.2 Å². The van der Waals surface area contributed by atoms with E-state index in [1.807, 2.05) is 12.1 Å². The smallest absolute Gasteiger partial charge is 0.320 e. The normalized spacial score (nSPS) is 14.9. The van der Waals surface area contributed by atoms with Gasteiger partial charge in [-0.3, -0.25) is 14.6 Å². The molecule has 11 nitrogen and oxygen atoms in total. The molecule has 0 fully saturated rings. The van der Waals surface area contributed by atoms with Crippen molar-refractivity contribution in [1.82, 2.24) is 5.01 Å². The molecule has 37 heavy (non-hydrogen) atoms. The van der Waals surface area contributed by atoms with E-state index in [4.69, 9.17) is 25.1 Å². The largest absolute Gasteiger partial charge is 0.493 e. The molecule has 0 heterocycles. The summed E-state index contributed by atoms with van der Waals surface area (Å²) in [6.45, 7) is 0.473. The van der Waals surface area contributed by atoms with Crippen molar-refractivity contribution in [1.29, 1.82) is 0 Å². The number of carboxylic acids is 1. The molecule has 2 aromatic rings. The predicted molar refractivity (Wildman–Crippen MR) is 140 cm³/mol. The Morgan fingerprint density at radius 2 is 1.92 bits per heavy atom. The monoisotopic (exact) mass is 514 g/mol. The number of nitrogens with zero attached hydrogens (tertiary/aromatic N) is 2. The Labute approximate surface area is 215 Å². The number of rotatable bonds is 12. The van der Waals surface area contributed by atoms with Crippen LogP contribution in [0.4, 0.5) is 5.69 Å². The molecular formula is C26H34N4O7. The third kappa shape index (κ3) is 5.93. The van der Waals surface area contributed by atoms with E-state index in [1.165, 1.54) is 18.2 Å². The number of methoxy groups -OCH3 is 3. The Morgan fingerprint density at radius 1 is 1.19 bits per heavy atom. The minimum absolute atomic E-state index is 0.240. The Morgan fingerprint density at radius 3 is 2.54 bits per heavy atom. The number of ether oxygens (including phenoxy) is 3. The van der Waals surface area contributed by atoms with Gasteiger partial charge in [-0.2, -0.15) is 0 Å². The summed E-state index contributed by atoms with van der Waals surface area (Å²) in [6, 6.07) is 5.64. The summed E-state index contributed by atoms with van der Waals surface area (Å²) in [6.07, 6.45) is 2.73. The molecule has 0 bridgehead atoms. The van der Waals surface area contributed by atoms with E-state index < -0.39 is 18.1 Å². The lowest BCUT2D eigenvalue weighted by atomic mass is 9.95. The van der Waals surface area contributed by atoms with E-state index in [0.717, 1.165) is 16.7 Å². The van der Waals surface area contributed by atoms with Crippen LogP contribution in [0.5, 0.6) is 17.2 Å². The van der Waals surface area contributed by atoms with Gasteiger partial charge in [0, 0.05) is 19.2 Å². The zero-order valence-electron chi connectivity index (χ0n) is 21.6. The molecule has 2 atom stereocenters. The molecule has 4 N–H and O–H groups in total. The molecular weight excluding hydrogens is 480 g/mol. The van der Waals surface area contributed by atoms with E-state index in [0.29, 0.717) is 67.1 Å². The van der Waals surface area contributed by atoms with Gasteiger partial charge in [0.25, 0.3) is 0 Å². The Bertz CT molecular complexity index is 1200. The molecule has 0 aliphatic heterocycles. The summed E-state index contributed by atoms with van der Waals surface area (Å²) in [5, 5.41) is 16.5. The quantitative estimate of drug-likeness (QED) is 0.218. The summed E-state index contributed by atoms with van der Waals surface area (Å²) < 4.78 is 16.9. The third-order valence-electron chi connectivity index (χ3n) is 6.66. The second-order valence-electron chi connectivity index (χ2n) is 8.88. The fraction of sp³-hybridized carbons (Fsp3) is 0.462. The first-order valence-corrected chi connectivity index (χ1v) is 12.1. The van der Waals surface area contributed by atoms with E-state index in [9.17, 15) is 14.5 Å². The highest BCUT2D eigenvalue weighted by Crippen LogP contribution is 2.50. The fourth-order valence-corrected chi connectivity index (χ4v) is 4.72. The van der Waals surface area contributed by atoms with E-state index >= 15 is 0 Å². The molecule has 0 amide bonds. The molecule has 2 aromatic carbocycles. The van der Waals surface area contributed by atoms with Crippen LogP contribution in [0.15, 0.2) is 34.3 Å². The number of fused-ring (bicyclic) bond motifs is 3. The average molecular weight is 515 g/mol. The number of nitrogens with one attached hydrogen (secondary N) is 1. The van der Waals surface area contributed by atoms with Crippen LogP contribution in [-0.2, 0) is 11.2 Å². The summed E-state index contributed by atoms with van der Waals surface area (Å²) in [5.41, 5.74) is 8.77. The first-order chi connectivity index (χ1) is 17.8. The van der Waals surface area contributed by atoms with Gasteiger partial charge in [0.05, 0.1) is 38.3 Å². The van der Waals surface area contributed by atoms with Gasteiger partial charge < -0.3 is 30.4 Å². The number of aryl methyl sites for hydroxylation is 1. The Hall–Kier alpha value is -3.86. The number of unbranched alkanes of at least 4 members (excludes halogenated alkanes) is 1. The first-order valence-electron chi connectivity index (χ1n) is 12.1. The standard InChI is InChI=1S/C26H34N4O7/c1-30(29-34)20-11-8-15-13-22(35-2)24(36-3)25(37-4)23(15)16-9-10-19(21(31)14-17(16)20)28-12-6-5-7-18(27)26(32)33/h9-10,13-14,18,20H,5-8,11-12,27H2,1-4H3,(H,28,31)(H,32,33)/t18-,20+/m1/s1. The van der Waals surface area contributed by atoms with E-state index in [1.54, 1.807) is 27.3 Å². The van der Waals surface area contributed by atoms with Gasteiger partial charge in [0.1, 0.15) is 6.04 Å². The highest BCUT2D eigenvalue weighted by atomic mass is 16.5. The van der Waals surface area contributed by atoms with Gasteiger partial charge in [-0.05, 0) is 67.0 Å². The molecule has 1 aliphatic carbocycles. The van der Waals surface area contributed by atoms with Crippen LogP contribution in [-0.4, -0.2) is 57.0 Å². The Kier molecular flexibility index (Phi) is 9.29. The summed E-state index contributed by atoms with van der Waals surface area (Å²) in [4.78, 5) is 35.7. The second kappa shape index (κ2) is 12.4. The molecule has 0 aromatic heterocycles. The van der Waals surface area contributed by atoms with Gasteiger partial charge in [-0.15, -0.1) is 4.91 Å². The maximum absolute atomic E-state index is 13.2. The zero-order chi connectivity index (χ0) is 27.1. The SMILES string of the molecule is COc1cc2c(c(OC)c1OC)-c1ccc(NCCCC[C@@H](N)C(=O)O)c(=O)cc1[C@@H](N(C)N=O)CC2. The number of nitrogens with two attached hydrogens (primary N) is 1. The zero-order valence-corrected chi connectivity index (χ0v) is 21.6. The number of nitroso groups, excluding NO2 is 1. The third-order valence-corrected chi connectivity index (χ3v) is 6.66. The van der Waals surface area contributed by atoms with Crippen molar-refractivity contribution >= 4 is 11.7 Å². The lowest BCUT2D eigenvalue weighted by molar-refractivity contribution is -0.138. The lowest BCUT2D eigenvalue weighted by Gasteiger charge is -2.22. The van der Waals surface area contributed by atoms with Gasteiger partial charge in [0.2, 0.25) is 11.2 Å². The maximum Gasteiger partial charge on any atom is 0.320 e. The van der Waals surface area contributed by atoms with Crippen molar-refractivity contribution in [3.63, 3.8) is 0 Å². The molecule has 0 saturated heterocycles. The number of carboxylic acid groups (broad SMARTS) is 1. The minimum atomic E-state index is -1.03. The van der Waals surface area contributed by atoms with Crippen molar-refractivity contribution in [2.24, 2.45) is 11.0 Å². The van der Waals surface area contributed by atoms with Crippen molar-refractivity contribution in [3.8, 4) is 28.4 Å². The van der Waals surface area contributed by atoms with Gasteiger partial charge in [0.15, 0.2) is 11.5 Å². The molecule has 0 spiro atoms. The van der Waals surface area contributed by atoms with Crippen LogP contribution in [0.2, 0.25) is 0 Å². The molecule has 0 radical (unpaired) electrons. The molecule has 1 aliphatic rings. The summed E-state index contributed by atoms with van der Waals surface area (Å²) in [7, 11) is 6.22. The number of hydrogen-bond donors (Lipinski definition) is 3. The average Bonchev–Trinajstić information content (AvgIpc) is 3.14. The molecule has 200 valence electrons. The fourth-order valence-electron chi connectivity index (χ4n) is 4.72. The number of benzene rings is 1. The highest BCUT2D eigenvalue weighted by molar-refractivity contribution is 5.83. The van der Waals surface area contributed by atoms with E-state index in [2.05, 4.69) is 10.6 Å². The number of anilines is 1. The first kappa shape index (κ1) is 27.7. The van der Waals surface area contributed by atoms with Crippen molar-refractivity contribution in [3.05, 3.63) is 50.5 Å². The van der Waals surface area contributed by atoms with Crippen LogP contribution in [0.1, 0.15) is 42.9 Å². The topological polar surface area (TPSA) is 153 Å². The molecule has 0 unspecified atom stereocenters. The van der Waals surface area contributed by atoms with Crippen LogP contribution in [0, 0.1) is 4.91 Å². The van der Waals surface area contributed by atoms with Gasteiger partial charge in [-0.1, -0.05) is 6.07 Å². The number of aliphatic carboxylic acids is 1. The van der Waals surface area contributed by atoms with Crippen molar-refractivity contribution < 1.29 is 24.1 Å². The van der Waals surface area contributed by atoms with Crippen molar-refractivity contribution in [2.45, 2.75) is 44.2 Å². The van der Waals surface area contributed by atoms with Crippen LogP contribution in [0.3, 0.4) is 0 Å². The number of hydrogen-bond acceptors (Lipinski definition) is 9. The summed E-state index contributed by atoms with van der Waals surface area (Å²) in [5.74, 6) is 0.403. The summed E-state index contributed by atoms with van der Waals surface area (Å²) >= 11 is 0. The second-order valence-corrected chi connectivity index (χ2v) is 8.88. The van der Waals surface area contributed by atoms with Gasteiger partial charge in [-0.25, -0.2) is 0 Å². The van der Waals surface area contributed by atoms with E-state index in [-0.39, 0.29) is 5.43 Å². The minimum Gasteiger partial charge on any atom is -0.493 e. The van der Waals surface area contributed by atoms with Crippen LogP contribution >= 0.6 is 0 Å². The highest BCUT2D eigenvalue weighted by Gasteiger charge is 2.31. The van der Waals surface area contributed by atoms with Crippen LogP contribution in [0.25, 0.3) is 11.1 Å². The maximum atomic E-state index is 13.2. The van der Waals surface area contributed by atoms with Gasteiger partial charge >= 0.3 is 5.97 Å². The lowest BCUT2D eigenvalue weighted by Crippen LogP contribution is -2.29. The molecule has 0 saturated carbocycles. The number of carbonyl (C=O) groups is 1. The Balaban J connectivity index is 2.07. The molecule has 3 rings (SSSR count). The van der Waals surface area contributed by atoms with Crippen LogP contribution < -0.4 is 30.7 Å². The molecule has 11 heteroatoms.